The van der Waals surface area contributed by atoms with Gasteiger partial charge in [0.15, 0.2) is 11.0 Å². The average molecular weight is 419 g/mol. The zero-order valence-corrected chi connectivity index (χ0v) is 17.1. The largest absolute Gasteiger partial charge is 0.373 e. The number of hydrogen-bond donors (Lipinski definition) is 2. The molecule has 7 nitrogen and oxygen atoms in total. The number of H-pyrrole nitrogens is 1. The first-order valence-electron chi connectivity index (χ1n) is 8.45. The number of amides is 1. The van der Waals surface area contributed by atoms with E-state index in [-0.39, 0.29) is 17.3 Å². The standard InChI is InChI=1S/C18H19ClN4OS.CO2/c1-4-12-5-6-14-15(8-12)22-18(21-14)25-11(3)17(24)23-16-13(19)7-10(2)9-20-16;2-1-3/h5-9,11H,4H2,1-3H3,(H,21,22)(H,20,23,24);. The molecular formula is C19H19ClN4O3S. The van der Waals surface area contributed by atoms with Crippen molar-refractivity contribution >= 4 is 52.3 Å². The molecule has 3 aromatic rings. The van der Waals surface area contributed by atoms with E-state index in [0.717, 1.165) is 23.0 Å². The van der Waals surface area contributed by atoms with Gasteiger partial charge in [0.1, 0.15) is 0 Å². The summed E-state index contributed by atoms with van der Waals surface area (Å²) in [5.74, 6) is 0.208. The maximum atomic E-state index is 12.4. The van der Waals surface area contributed by atoms with Crippen LogP contribution in [0.1, 0.15) is 25.0 Å². The zero-order valence-electron chi connectivity index (χ0n) is 15.6. The Morgan fingerprint density at radius 3 is 2.71 bits per heavy atom. The Labute approximate surface area is 171 Å². The second-order valence-electron chi connectivity index (χ2n) is 5.92. The fourth-order valence-electron chi connectivity index (χ4n) is 2.37. The van der Waals surface area contributed by atoms with Crippen LogP contribution in [0.3, 0.4) is 0 Å². The number of benzene rings is 1. The molecule has 2 aromatic heterocycles. The van der Waals surface area contributed by atoms with Gasteiger partial charge in [-0.15, -0.1) is 0 Å². The van der Waals surface area contributed by atoms with Crippen LogP contribution in [-0.4, -0.2) is 32.3 Å². The second-order valence-corrected chi connectivity index (χ2v) is 7.66. The molecule has 1 atom stereocenters. The van der Waals surface area contributed by atoms with Crippen LogP contribution in [0.4, 0.5) is 5.82 Å². The summed E-state index contributed by atoms with van der Waals surface area (Å²) in [4.78, 5) is 40.6. The van der Waals surface area contributed by atoms with Crippen molar-refractivity contribution in [2.45, 2.75) is 37.6 Å². The van der Waals surface area contributed by atoms with Gasteiger partial charge in [0.25, 0.3) is 0 Å². The SMILES string of the molecule is CCc1ccc2nc(SC(C)C(=O)Nc3ncc(C)cc3Cl)[nH]c2c1.O=C=O. The Bertz CT molecular complexity index is 1020. The van der Waals surface area contributed by atoms with Gasteiger partial charge in [-0.2, -0.15) is 9.59 Å². The molecule has 3 rings (SSSR count). The first-order valence-corrected chi connectivity index (χ1v) is 9.71. The molecule has 0 bridgehead atoms. The van der Waals surface area contributed by atoms with Gasteiger partial charge >= 0.3 is 6.15 Å². The van der Waals surface area contributed by atoms with Gasteiger partial charge in [0.2, 0.25) is 5.91 Å². The maximum absolute atomic E-state index is 12.4. The highest BCUT2D eigenvalue weighted by molar-refractivity contribution is 8.00. The summed E-state index contributed by atoms with van der Waals surface area (Å²) in [6.07, 6.45) is 2.89. The summed E-state index contributed by atoms with van der Waals surface area (Å²) < 4.78 is 0. The molecule has 9 heteroatoms. The number of nitrogens with one attached hydrogen (secondary N) is 2. The number of aromatic amines is 1. The van der Waals surface area contributed by atoms with E-state index in [0.29, 0.717) is 16.0 Å². The summed E-state index contributed by atoms with van der Waals surface area (Å²) in [6, 6.07) is 7.92. The molecule has 0 radical (unpaired) electrons. The number of nitrogens with zero attached hydrogens (tertiary/aromatic N) is 2. The van der Waals surface area contributed by atoms with Gasteiger partial charge in [-0.3, -0.25) is 4.79 Å². The van der Waals surface area contributed by atoms with E-state index < -0.39 is 0 Å². The number of thioether (sulfide) groups is 1. The van der Waals surface area contributed by atoms with Gasteiger partial charge in [-0.1, -0.05) is 36.4 Å². The lowest BCUT2D eigenvalue weighted by Crippen LogP contribution is -2.23. The van der Waals surface area contributed by atoms with Crippen LogP contribution in [-0.2, 0) is 20.8 Å². The maximum Gasteiger partial charge on any atom is 0.373 e. The summed E-state index contributed by atoms with van der Waals surface area (Å²) in [7, 11) is 0. The van der Waals surface area contributed by atoms with Crippen LogP contribution in [0.25, 0.3) is 11.0 Å². The first-order chi connectivity index (χ1) is 13.4. The van der Waals surface area contributed by atoms with E-state index in [1.807, 2.05) is 19.9 Å². The average Bonchev–Trinajstić information content (AvgIpc) is 3.05. The molecule has 1 unspecified atom stereocenters. The number of aryl methyl sites for hydroxylation is 2. The lowest BCUT2D eigenvalue weighted by atomic mass is 10.1. The molecule has 0 aliphatic rings. The van der Waals surface area contributed by atoms with Crippen LogP contribution in [0.15, 0.2) is 35.6 Å². The third-order valence-electron chi connectivity index (χ3n) is 3.81. The summed E-state index contributed by atoms with van der Waals surface area (Å²) in [6.45, 7) is 5.84. The number of pyridine rings is 1. The van der Waals surface area contributed by atoms with E-state index >= 15 is 0 Å². The third kappa shape index (κ3) is 5.66. The minimum Gasteiger partial charge on any atom is -0.333 e. The summed E-state index contributed by atoms with van der Waals surface area (Å²) >= 11 is 7.49. The monoisotopic (exact) mass is 418 g/mol. The lowest BCUT2D eigenvalue weighted by molar-refractivity contribution is -0.191. The number of carbonyl (C=O) groups is 1. The molecule has 0 aliphatic carbocycles. The smallest absolute Gasteiger partial charge is 0.333 e. The molecule has 2 N–H and O–H groups in total. The molecule has 146 valence electrons. The van der Waals surface area contributed by atoms with E-state index in [2.05, 4.69) is 39.3 Å². The van der Waals surface area contributed by atoms with Crippen molar-refractivity contribution in [2.24, 2.45) is 0 Å². The van der Waals surface area contributed by atoms with Gasteiger partial charge in [-0.05, 0) is 49.6 Å². The lowest BCUT2D eigenvalue weighted by Gasteiger charge is -2.11. The van der Waals surface area contributed by atoms with Crippen molar-refractivity contribution in [1.29, 1.82) is 0 Å². The molecule has 1 amide bonds. The van der Waals surface area contributed by atoms with E-state index in [1.54, 1.807) is 12.3 Å². The number of carbonyl (C=O) groups excluding carboxylic acids is 3. The van der Waals surface area contributed by atoms with Crippen molar-refractivity contribution in [1.82, 2.24) is 15.0 Å². The number of halogens is 1. The van der Waals surface area contributed by atoms with Gasteiger partial charge in [-0.25, -0.2) is 9.97 Å². The highest BCUT2D eigenvalue weighted by Gasteiger charge is 2.18. The summed E-state index contributed by atoms with van der Waals surface area (Å²) in [5, 5.41) is 3.57. The minimum atomic E-state index is -0.342. The molecule has 2 heterocycles. The molecular weight excluding hydrogens is 400 g/mol. The van der Waals surface area contributed by atoms with Crippen molar-refractivity contribution < 1.29 is 14.4 Å². The molecule has 0 saturated heterocycles. The first kappa shape index (κ1) is 21.6. The topological polar surface area (TPSA) is 105 Å². The predicted octanol–water partition coefficient (Wildman–Crippen LogP) is 4.02. The number of anilines is 1. The van der Waals surface area contributed by atoms with Crippen LogP contribution < -0.4 is 5.32 Å². The molecule has 0 fully saturated rings. The Hall–Kier alpha value is -2.67. The summed E-state index contributed by atoms with van der Waals surface area (Å²) in [5.41, 5.74) is 4.07. The van der Waals surface area contributed by atoms with Crippen molar-refractivity contribution in [3.05, 3.63) is 46.6 Å². The van der Waals surface area contributed by atoms with Crippen LogP contribution in [0, 0.1) is 6.92 Å². The highest BCUT2D eigenvalue weighted by Crippen LogP contribution is 2.26. The number of hydrogen-bond acceptors (Lipinski definition) is 6. The number of rotatable bonds is 5. The molecule has 1 aromatic carbocycles. The number of fused-ring (bicyclic) bond motifs is 1. The van der Waals surface area contributed by atoms with E-state index in [1.165, 1.54) is 17.3 Å². The third-order valence-corrected chi connectivity index (χ3v) is 5.08. The van der Waals surface area contributed by atoms with Gasteiger partial charge in [0, 0.05) is 6.20 Å². The molecule has 0 aliphatic heterocycles. The van der Waals surface area contributed by atoms with E-state index in [4.69, 9.17) is 21.2 Å². The minimum absolute atomic E-state index is 0.169. The van der Waals surface area contributed by atoms with Gasteiger partial charge < -0.3 is 10.3 Å². The number of aromatic nitrogens is 3. The Kier molecular flexibility index (Phi) is 7.75. The number of imidazole rings is 1. The fraction of sp³-hybridized carbons (Fsp3) is 0.263. The normalized spacial score (nSPS) is 11.3. The fourth-order valence-corrected chi connectivity index (χ4v) is 3.46. The Balaban J connectivity index is 0.000000878. The quantitative estimate of drug-likeness (QED) is 0.606. The molecule has 0 spiro atoms. The van der Waals surface area contributed by atoms with E-state index in [9.17, 15) is 4.79 Å². The van der Waals surface area contributed by atoms with Crippen LogP contribution >= 0.6 is 23.4 Å². The Morgan fingerprint density at radius 1 is 1.36 bits per heavy atom. The highest BCUT2D eigenvalue weighted by atomic mass is 35.5. The van der Waals surface area contributed by atoms with Gasteiger partial charge in [0.05, 0.1) is 21.3 Å². The van der Waals surface area contributed by atoms with Crippen LogP contribution in [0.2, 0.25) is 5.02 Å². The van der Waals surface area contributed by atoms with Crippen molar-refractivity contribution in [3.8, 4) is 0 Å². The predicted molar refractivity (Wildman–Crippen MR) is 108 cm³/mol. The zero-order chi connectivity index (χ0) is 20.7. The molecule has 0 saturated carbocycles. The van der Waals surface area contributed by atoms with Crippen LogP contribution in [0.5, 0.6) is 0 Å². The Morgan fingerprint density at radius 2 is 2.07 bits per heavy atom. The molecule has 28 heavy (non-hydrogen) atoms. The van der Waals surface area contributed by atoms with Crippen molar-refractivity contribution in [2.75, 3.05) is 5.32 Å². The van der Waals surface area contributed by atoms with Crippen molar-refractivity contribution in [3.63, 3.8) is 0 Å². The second kappa shape index (κ2) is 10.0.